The molecule has 0 saturated carbocycles. The lowest BCUT2D eigenvalue weighted by atomic mass is 10.1. The number of phenols is 1. The van der Waals surface area contributed by atoms with Crippen molar-refractivity contribution in [2.75, 3.05) is 31.6 Å². The second-order valence-corrected chi connectivity index (χ2v) is 6.71. The first kappa shape index (κ1) is 20.2. The Balaban J connectivity index is 1.45. The summed E-state index contributed by atoms with van der Waals surface area (Å²) in [5, 5.41) is 23.1. The molecule has 29 heavy (non-hydrogen) atoms. The van der Waals surface area contributed by atoms with E-state index < -0.39 is 16.4 Å². The van der Waals surface area contributed by atoms with Gasteiger partial charge in [-0.05, 0) is 54.3 Å². The van der Waals surface area contributed by atoms with Gasteiger partial charge in [-0.25, -0.2) is 0 Å². The van der Waals surface area contributed by atoms with Crippen LogP contribution in [0, 0.1) is 10.1 Å². The average Bonchev–Trinajstić information content (AvgIpc) is 3.12. The number of aromatic hydroxyl groups is 1. The molecule has 1 aliphatic heterocycles. The van der Waals surface area contributed by atoms with E-state index in [4.69, 9.17) is 4.74 Å². The molecule has 1 aliphatic rings. The molecule has 0 aliphatic carbocycles. The van der Waals surface area contributed by atoms with Crippen molar-refractivity contribution in [3.05, 3.63) is 63.7 Å². The maximum absolute atomic E-state index is 12.0. The Hall–Kier alpha value is -3.55. The third kappa shape index (κ3) is 5.04. The Morgan fingerprint density at radius 2 is 2.17 bits per heavy atom. The van der Waals surface area contributed by atoms with Crippen molar-refractivity contribution in [2.24, 2.45) is 0 Å². The first-order valence-corrected chi connectivity index (χ1v) is 9.33. The Morgan fingerprint density at radius 1 is 1.34 bits per heavy atom. The number of rotatable bonds is 8. The van der Waals surface area contributed by atoms with Gasteiger partial charge in [0.1, 0.15) is 5.75 Å². The molecule has 0 bridgehead atoms. The second kappa shape index (κ2) is 9.09. The van der Waals surface area contributed by atoms with Crippen LogP contribution in [0.2, 0.25) is 0 Å². The smallest absolute Gasteiger partial charge is 0.311 e. The van der Waals surface area contributed by atoms with E-state index in [0.29, 0.717) is 12.1 Å². The number of amides is 1. The van der Waals surface area contributed by atoms with Gasteiger partial charge in [-0.1, -0.05) is 6.07 Å². The molecule has 2 aromatic rings. The number of ether oxygens (including phenoxy) is 1. The summed E-state index contributed by atoms with van der Waals surface area (Å²) < 4.78 is 5.26. The predicted molar refractivity (Wildman–Crippen MR) is 110 cm³/mol. The second-order valence-electron chi connectivity index (χ2n) is 6.71. The zero-order valence-electron chi connectivity index (χ0n) is 16.1. The standard InChI is InChI=1S/C21H23N3O5/c1-29-17-5-6-18-16(14-17)9-12-23(18)11-2-10-22-21(26)8-4-15-3-7-20(25)19(13-15)24(27)28/h3-8,13-14,25H,2,9-12H2,1H3,(H,22,26)/b8-4+. The fourth-order valence-corrected chi connectivity index (χ4v) is 3.31. The van der Waals surface area contributed by atoms with Crippen LogP contribution in [0.5, 0.6) is 11.5 Å². The molecule has 8 heteroatoms. The van der Waals surface area contributed by atoms with Crippen molar-refractivity contribution < 1.29 is 19.6 Å². The minimum Gasteiger partial charge on any atom is -0.502 e. The number of anilines is 1. The van der Waals surface area contributed by atoms with Crippen LogP contribution in [-0.2, 0) is 11.2 Å². The zero-order valence-corrected chi connectivity index (χ0v) is 16.1. The summed E-state index contributed by atoms with van der Waals surface area (Å²) in [5.41, 5.74) is 2.56. The van der Waals surface area contributed by atoms with Crippen molar-refractivity contribution in [3.63, 3.8) is 0 Å². The highest BCUT2D eigenvalue weighted by Crippen LogP contribution is 2.31. The summed E-state index contributed by atoms with van der Waals surface area (Å²) in [6, 6.07) is 10.1. The van der Waals surface area contributed by atoms with Crippen molar-refractivity contribution in [2.45, 2.75) is 12.8 Å². The van der Waals surface area contributed by atoms with Crippen LogP contribution in [0.1, 0.15) is 17.5 Å². The number of hydrogen-bond donors (Lipinski definition) is 2. The molecule has 1 amide bonds. The monoisotopic (exact) mass is 397 g/mol. The summed E-state index contributed by atoms with van der Waals surface area (Å²) in [6.45, 7) is 2.32. The Bertz CT molecular complexity index is 942. The van der Waals surface area contributed by atoms with Crippen LogP contribution in [0.3, 0.4) is 0 Å². The van der Waals surface area contributed by atoms with Crippen molar-refractivity contribution in [1.82, 2.24) is 5.32 Å². The highest BCUT2D eigenvalue weighted by molar-refractivity contribution is 5.91. The van der Waals surface area contributed by atoms with Crippen molar-refractivity contribution >= 4 is 23.4 Å². The highest BCUT2D eigenvalue weighted by atomic mass is 16.6. The van der Waals surface area contributed by atoms with E-state index in [-0.39, 0.29) is 5.91 Å². The normalized spacial score (nSPS) is 12.8. The van der Waals surface area contributed by atoms with Crippen molar-refractivity contribution in [1.29, 1.82) is 0 Å². The Morgan fingerprint density at radius 3 is 2.93 bits per heavy atom. The lowest BCUT2D eigenvalue weighted by molar-refractivity contribution is -0.385. The molecule has 0 saturated heterocycles. The van der Waals surface area contributed by atoms with Gasteiger partial charge in [0.05, 0.1) is 12.0 Å². The summed E-state index contributed by atoms with van der Waals surface area (Å²) in [4.78, 5) is 24.4. The maximum atomic E-state index is 12.0. The van der Waals surface area contributed by atoms with Crippen molar-refractivity contribution in [3.8, 4) is 11.5 Å². The van der Waals surface area contributed by atoms with E-state index in [1.165, 1.54) is 41.6 Å². The molecular formula is C21H23N3O5. The number of methoxy groups -OCH3 is 1. The molecule has 1 heterocycles. The molecule has 2 aromatic carbocycles. The minimum atomic E-state index is -0.667. The number of nitro groups is 1. The minimum absolute atomic E-state index is 0.271. The lowest BCUT2D eigenvalue weighted by Gasteiger charge is -2.19. The summed E-state index contributed by atoms with van der Waals surface area (Å²) >= 11 is 0. The number of phenolic OH excluding ortho intramolecular Hbond substituents is 1. The quantitative estimate of drug-likeness (QED) is 0.307. The number of nitrogens with zero attached hydrogens (tertiary/aromatic N) is 2. The van der Waals surface area contributed by atoms with Crippen LogP contribution in [0.4, 0.5) is 11.4 Å². The molecule has 0 radical (unpaired) electrons. The first-order chi connectivity index (χ1) is 14.0. The van der Waals surface area contributed by atoms with Gasteiger partial charge in [-0.3, -0.25) is 14.9 Å². The van der Waals surface area contributed by atoms with Crippen LogP contribution >= 0.6 is 0 Å². The molecular weight excluding hydrogens is 374 g/mol. The van der Waals surface area contributed by atoms with Gasteiger partial charge < -0.3 is 20.1 Å². The van der Waals surface area contributed by atoms with Gasteiger partial charge in [0.2, 0.25) is 5.91 Å². The first-order valence-electron chi connectivity index (χ1n) is 9.33. The molecule has 8 nitrogen and oxygen atoms in total. The number of hydrogen-bond acceptors (Lipinski definition) is 6. The van der Waals surface area contributed by atoms with Gasteiger partial charge in [-0.2, -0.15) is 0 Å². The molecule has 2 N–H and O–H groups in total. The van der Waals surface area contributed by atoms with Gasteiger partial charge in [0, 0.05) is 37.5 Å². The summed E-state index contributed by atoms with van der Waals surface area (Å²) in [5.74, 6) is 0.189. The molecule has 152 valence electrons. The molecule has 3 rings (SSSR count). The van der Waals surface area contributed by atoms with E-state index in [9.17, 15) is 20.0 Å². The number of fused-ring (bicyclic) bond motifs is 1. The largest absolute Gasteiger partial charge is 0.502 e. The molecule has 0 fully saturated rings. The third-order valence-corrected chi connectivity index (χ3v) is 4.81. The van der Waals surface area contributed by atoms with Crippen LogP contribution in [0.15, 0.2) is 42.5 Å². The fourth-order valence-electron chi connectivity index (χ4n) is 3.31. The van der Waals surface area contributed by atoms with E-state index in [2.05, 4.69) is 22.3 Å². The Kier molecular flexibility index (Phi) is 6.33. The van der Waals surface area contributed by atoms with Crippen LogP contribution in [-0.4, -0.2) is 42.7 Å². The molecule has 0 atom stereocenters. The number of benzene rings is 2. The van der Waals surface area contributed by atoms with Crippen LogP contribution in [0.25, 0.3) is 6.08 Å². The van der Waals surface area contributed by atoms with E-state index in [1.807, 2.05) is 6.07 Å². The highest BCUT2D eigenvalue weighted by Gasteiger charge is 2.19. The third-order valence-electron chi connectivity index (χ3n) is 4.81. The molecule has 0 spiro atoms. The van der Waals surface area contributed by atoms with E-state index >= 15 is 0 Å². The topological polar surface area (TPSA) is 105 Å². The van der Waals surface area contributed by atoms with Crippen LogP contribution < -0.4 is 15.0 Å². The lowest BCUT2D eigenvalue weighted by Crippen LogP contribution is -2.28. The molecule has 0 aromatic heterocycles. The SMILES string of the molecule is COc1ccc2c(c1)CCN2CCCNC(=O)/C=C/c1ccc(O)c([N+](=O)[O-])c1. The van der Waals surface area contributed by atoms with Gasteiger partial charge >= 0.3 is 5.69 Å². The number of carbonyl (C=O) groups excluding carboxylic acids is 1. The van der Waals surface area contributed by atoms with Gasteiger partial charge in [-0.15, -0.1) is 0 Å². The average molecular weight is 397 g/mol. The van der Waals surface area contributed by atoms with Gasteiger partial charge in [0.15, 0.2) is 5.75 Å². The van der Waals surface area contributed by atoms with E-state index in [1.54, 1.807) is 7.11 Å². The summed E-state index contributed by atoms with van der Waals surface area (Å²) in [7, 11) is 1.66. The zero-order chi connectivity index (χ0) is 20.8. The number of carbonyl (C=O) groups is 1. The summed E-state index contributed by atoms with van der Waals surface area (Å²) in [6.07, 6.45) is 4.59. The fraction of sp³-hybridized carbons (Fsp3) is 0.286. The predicted octanol–water partition coefficient (Wildman–Crippen LogP) is 2.89. The number of nitro benzene ring substituents is 1. The molecule has 0 unspecified atom stereocenters. The Labute approximate surface area is 168 Å². The van der Waals surface area contributed by atoms with E-state index in [0.717, 1.165) is 31.7 Å². The number of nitrogens with one attached hydrogen (secondary N) is 1. The maximum Gasteiger partial charge on any atom is 0.311 e. The van der Waals surface area contributed by atoms with Gasteiger partial charge in [0.25, 0.3) is 0 Å².